The van der Waals surface area contributed by atoms with Crippen LogP contribution in [-0.4, -0.2) is 39.9 Å². The Morgan fingerprint density at radius 2 is 1.86 bits per heavy atom. The van der Waals surface area contributed by atoms with Gasteiger partial charge in [0.1, 0.15) is 0 Å². The third kappa shape index (κ3) is 4.38. The van der Waals surface area contributed by atoms with E-state index in [1.807, 2.05) is 7.05 Å². The quantitative estimate of drug-likeness (QED) is 0.543. The van der Waals surface area contributed by atoms with Gasteiger partial charge in [-0.15, -0.1) is 0 Å². The summed E-state index contributed by atoms with van der Waals surface area (Å²) >= 11 is -1.15. The van der Waals surface area contributed by atoms with Crippen LogP contribution in [-0.2, 0) is 0 Å². The van der Waals surface area contributed by atoms with Crippen molar-refractivity contribution in [3.63, 3.8) is 0 Å². The standard InChI is InChI=1S/C9H17N2.2CH3.Ga/c1-5-8(10-3)7-9(6-2)11-4;;;/h7H,5-6H2,1-4H3;2*1H3;/q-1;;;+1/b8-7-,11-9?;;;. The molecule has 0 radical (unpaired) electrons. The molecule has 80 valence electrons. The Labute approximate surface area is 94.4 Å². The van der Waals surface area contributed by atoms with Crippen molar-refractivity contribution < 1.29 is 0 Å². The second kappa shape index (κ2) is 7.18. The second-order valence-corrected chi connectivity index (χ2v) is 9.98. The first kappa shape index (κ1) is 13.8. The maximum absolute atomic E-state index is 4.27. The fraction of sp³-hybridized carbons (Fsp3) is 0.727. The van der Waals surface area contributed by atoms with Crippen molar-refractivity contribution in [3.8, 4) is 0 Å². The summed E-state index contributed by atoms with van der Waals surface area (Å²) in [4.78, 5) is 4.27. The van der Waals surface area contributed by atoms with Crippen molar-refractivity contribution in [2.75, 3.05) is 14.1 Å². The zero-order valence-electron chi connectivity index (χ0n) is 10.5. The molecular weight excluding hydrogens is 230 g/mol. The molecule has 0 amide bonds. The molecule has 0 fully saturated rings. The molecule has 0 N–H and O–H groups in total. The molecule has 0 aliphatic carbocycles. The second-order valence-electron chi connectivity index (χ2n) is 3.76. The van der Waals surface area contributed by atoms with Crippen LogP contribution in [0.1, 0.15) is 26.7 Å². The summed E-state index contributed by atoms with van der Waals surface area (Å²) in [5, 5.41) is 0. The van der Waals surface area contributed by atoms with Gasteiger partial charge >= 0.3 is 94.3 Å². The zero-order chi connectivity index (χ0) is 11.1. The van der Waals surface area contributed by atoms with Gasteiger partial charge in [-0.2, -0.15) is 0 Å². The van der Waals surface area contributed by atoms with E-state index >= 15 is 0 Å². The van der Waals surface area contributed by atoms with E-state index in [2.05, 4.69) is 46.5 Å². The minimum absolute atomic E-state index is 1.03. The summed E-state index contributed by atoms with van der Waals surface area (Å²) < 4.78 is 2.49. The van der Waals surface area contributed by atoms with E-state index in [0.29, 0.717) is 0 Å². The van der Waals surface area contributed by atoms with Gasteiger partial charge in [-0.05, 0) is 0 Å². The van der Waals surface area contributed by atoms with E-state index in [1.165, 1.54) is 11.4 Å². The van der Waals surface area contributed by atoms with E-state index in [9.17, 15) is 0 Å². The van der Waals surface area contributed by atoms with E-state index in [-0.39, 0.29) is 0 Å². The number of nitrogens with zero attached hydrogens (tertiary/aromatic N) is 2. The molecule has 0 aromatic rings. The van der Waals surface area contributed by atoms with Crippen LogP contribution in [0.5, 0.6) is 0 Å². The minimum atomic E-state index is -1.15. The van der Waals surface area contributed by atoms with Crippen LogP contribution in [0.4, 0.5) is 0 Å². The Morgan fingerprint density at radius 1 is 1.29 bits per heavy atom. The molecule has 0 aromatic heterocycles. The summed E-state index contributed by atoms with van der Waals surface area (Å²) in [6.45, 7) is 4.37. The van der Waals surface area contributed by atoms with Crippen LogP contribution in [0, 0.1) is 0 Å². The van der Waals surface area contributed by atoms with Gasteiger partial charge in [0.2, 0.25) is 0 Å². The molecule has 0 heterocycles. The van der Waals surface area contributed by atoms with Gasteiger partial charge < -0.3 is 0 Å². The molecule has 0 unspecified atom stereocenters. The van der Waals surface area contributed by atoms with Gasteiger partial charge in [0.25, 0.3) is 0 Å². The number of hydrogen-bond donors (Lipinski definition) is 0. The van der Waals surface area contributed by atoms with Crippen LogP contribution < -0.4 is 0 Å². The van der Waals surface area contributed by atoms with Gasteiger partial charge in [0, 0.05) is 0 Å². The van der Waals surface area contributed by atoms with Crippen LogP contribution in [0.3, 0.4) is 0 Å². The molecule has 0 spiro atoms. The van der Waals surface area contributed by atoms with Crippen molar-refractivity contribution in [2.24, 2.45) is 4.99 Å². The molecule has 0 aromatic carbocycles. The molecule has 0 saturated carbocycles. The first-order valence-corrected chi connectivity index (χ1v) is 11.4. The number of allylic oxidation sites excluding steroid dienone is 2. The van der Waals surface area contributed by atoms with Crippen molar-refractivity contribution in [1.82, 2.24) is 3.61 Å². The summed E-state index contributed by atoms with van der Waals surface area (Å²) in [5.74, 6) is 0. The Morgan fingerprint density at radius 3 is 2.14 bits per heavy atom. The Balaban J connectivity index is 4.70. The Hall–Kier alpha value is -0.154. The summed E-state index contributed by atoms with van der Waals surface area (Å²) in [7, 11) is 4.10. The third-order valence-electron chi connectivity index (χ3n) is 2.57. The fourth-order valence-corrected chi connectivity index (χ4v) is 3.23. The zero-order valence-corrected chi connectivity index (χ0v) is 12.9. The maximum atomic E-state index is 4.27. The SMILES string of the molecule is CCC(/C=C(/CC)[N](C)[Ga]([CH3])[CH3])=NC. The van der Waals surface area contributed by atoms with E-state index in [4.69, 9.17) is 0 Å². The molecule has 0 bridgehead atoms. The molecule has 0 aliphatic heterocycles. The number of rotatable bonds is 5. The van der Waals surface area contributed by atoms with Crippen molar-refractivity contribution >= 4 is 22.2 Å². The van der Waals surface area contributed by atoms with Crippen molar-refractivity contribution in [3.05, 3.63) is 11.8 Å². The molecular formula is C11H23GaN2. The topological polar surface area (TPSA) is 15.6 Å². The molecule has 0 saturated heterocycles. The molecule has 14 heavy (non-hydrogen) atoms. The van der Waals surface area contributed by atoms with Crippen LogP contribution in [0.2, 0.25) is 11.0 Å². The predicted molar refractivity (Wildman–Crippen MR) is 67.3 cm³/mol. The van der Waals surface area contributed by atoms with Gasteiger partial charge in [-0.25, -0.2) is 0 Å². The van der Waals surface area contributed by atoms with Gasteiger partial charge in [0.15, 0.2) is 0 Å². The van der Waals surface area contributed by atoms with Crippen molar-refractivity contribution in [2.45, 2.75) is 37.6 Å². The normalized spacial score (nSPS) is 13.0. The fourth-order valence-electron chi connectivity index (χ4n) is 1.30. The third-order valence-corrected chi connectivity index (χ3v) is 6.52. The van der Waals surface area contributed by atoms with E-state index in [0.717, 1.165) is 12.8 Å². The first-order chi connectivity index (χ1) is 6.56. The number of aliphatic imine (C=N–C) groups is 1. The Bertz CT molecular complexity index is 219. The number of hydrogen-bond acceptors (Lipinski definition) is 2. The van der Waals surface area contributed by atoms with Crippen LogP contribution >= 0.6 is 0 Å². The average Bonchev–Trinajstić information content (AvgIpc) is 2.19. The molecule has 0 rings (SSSR count). The molecule has 0 atom stereocenters. The summed E-state index contributed by atoms with van der Waals surface area (Å²) in [6.07, 6.45) is 4.39. The van der Waals surface area contributed by atoms with Crippen molar-refractivity contribution in [1.29, 1.82) is 0 Å². The Kier molecular flexibility index (Phi) is 7.10. The van der Waals surface area contributed by atoms with Crippen LogP contribution in [0.25, 0.3) is 0 Å². The van der Waals surface area contributed by atoms with Gasteiger partial charge in [0.05, 0.1) is 0 Å². The van der Waals surface area contributed by atoms with E-state index < -0.39 is 16.5 Å². The van der Waals surface area contributed by atoms with E-state index in [1.54, 1.807) is 0 Å². The monoisotopic (exact) mass is 252 g/mol. The summed E-state index contributed by atoms with van der Waals surface area (Å²) in [6, 6.07) is 0. The van der Waals surface area contributed by atoms with Crippen LogP contribution in [0.15, 0.2) is 16.8 Å². The van der Waals surface area contributed by atoms with Gasteiger partial charge in [-0.3, -0.25) is 0 Å². The molecule has 3 heteroatoms. The molecule has 2 nitrogen and oxygen atoms in total. The predicted octanol–water partition coefficient (Wildman–Crippen LogP) is 2.94. The first-order valence-electron chi connectivity index (χ1n) is 5.45. The van der Waals surface area contributed by atoms with Gasteiger partial charge in [-0.1, -0.05) is 0 Å². The molecule has 0 aliphatic rings. The average molecular weight is 253 g/mol. The summed E-state index contributed by atoms with van der Waals surface area (Å²) in [5.41, 5.74) is 7.44.